The molecule has 0 saturated carbocycles. The summed E-state index contributed by atoms with van der Waals surface area (Å²) in [6.45, 7) is 15.4. The Morgan fingerprint density at radius 3 is 2.00 bits per heavy atom. The summed E-state index contributed by atoms with van der Waals surface area (Å²) in [7, 11) is -1.77. The summed E-state index contributed by atoms with van der Waals surface area (Å²) in [5.41, 5.74) is 5.37. The first-order valence-electron chi connectivity index (χ1n) is 5.92. The molecule has 0 fully saturated rings. The molecule has 0 aromatic heterocycles. The van der Waals surface area contributed by atoms with Gasteiger partial charge in [-0.25, -0.2) is 0 Å². The van der Waals surface area contributed by atoms with Crippen LogP contribution in [0.1, 0.15) is 34.6 Å². The molecule has 0 aliphatic rings. The quantitative estimate of drug-likeness (QED) is 0.757. The molecule has 0 heterocycles. The van der Waals surface area contributed by atoms with Gasteiger partial charge in [0.15, 0.2) is 8.32 Å². The van der Waals surface area contributed by atoms with Gasteiger partial charge in [0.05, 0.1) is 5.92 Å². The minimum atomic E-state index is -1.77. The molecule has 2 N–H and O–H groups in total. The Morgan fingerprint density at radius 2 is 1.75 bits per heavy atom. The zero-order valence-corrected chi connectivity index (χ0v) is 12.8. The largest absolute Gasteiger partial charge is 0.416 e. The second-order valence-corrected chi connectivity index (χ2v) is 11.1. The van der Waals surface area contributed by atoms with E-state index < -0.39 is 8.32 Å². The van der Waals surface area contributed by atoms with Crippen LogP contribution in [0.15, 0.2) is 0 Å². The van der Waals surface area contributed by atoms with Gasteiger partial charge in [0.25, 0.3) is 0 Å². The first-order valence-corrected chi connectivity index (χ1v) is 8.83. The molecule has 16 heavy (non-hydrogen) atoms. The third-order valence-corrected chi connectivity index (χ3v) is 8.10. The highest BCUT2D eigenvalue weighted by molar-refractivity contribution is 6.74. The van der Waals surface area contributed by atoms with Crippen molar-refractivity contribution < 1.29 is 9.22 Å². The minimum absolute atomic E-state index is 0.172. The molecule has 96 valence electrons. The summed E-state index contributed by atoms with van der Waals surface area (Å²) in [5.74, 6) is -0.190. The molecule has 0 saturated heterocycles. The highest BCUT2D eigenvalue weighted by Gasteiger charge is 2.38. The molecule has 1 amide bonds. The van der Waals surface area contributed by atoms with Gasteiger partial charge in [0.1, 0.15) is 0 Å². The standard InChI is InChI=1S/C12H27NO2Si/c1-9(2)10(11(13)14)8-15-16(6,7)12(3,4)5/h9-10H,8H2,1-7H3,(H2,13,14). The van der Waals surface area contributed by atoms with Gasteiger partial charge >= 0.3 is 0 Å². The Labute approximate surface area is 101 Å². The summed E-state index contributed by atoms with van der Waals surface area (Å²) < 4.78 is 6.02. The predicted octanol–water partition coefficient (Wildman–Crippen LogP) is 2.77. The van der Waals surface area contributed by atoms with Crippen LogP contribution in [0.3, 0.4) is 0 Å². The molecule has 0 aliphatic carbocycles. The van der Waals surface area contributed by atoms with Crippen molar-refractivity contribution in [2.45, 2.75) is 52.8 Å². The number of primary amides is 1. The maximum atomic E-state index is 11.3. The van der Waals surface area contributed by atoms with E-state index in [1.807, 2.05) is 13.8 Å². The zero-order valence-electron chi connectivity index (χ0n) is 11.8. The monoisotopic (exact) mass is 245 g/mol. The lowest BCUT2D eigenvalue weighted by molar-refractivity contribution is -0.124. The Balaban J connectivity index is 4.48. The van der Waals surface area contributed by atoms with Crippen LogP contribution < -0.4 is 5.73 Å². The third-order valence-electron chi connectivity index (χ3n) is 3.60. The van der Waals surface area contributed by atoms with Crippen LogP contribution in [0.5, 0.6) is 0 Å². The number of nitrogens with two attached hydrogens (primary N) is 1. The SMILES string of the molecule is CC(C)C(CO[Si](C)(C)C(C)(C)C)C(N)=O. The van der Waals surface area contributed by atoms with Gasteiger partial charge in [-0.15, -0.1) is 0 Å². The molecule has 1 unspecified atom stereocenters. The lowest BCUT2D eigenvalue weighted by Crippen LogP contribution is -2.44. The summed E-state index contributed by atoms with van der Waals surface area (Å²) in [6, 6.07) is 0. The van der Waals surface area contributed by atoms with E-state index in [9.17, 15) is 4.79 Å². The smallest absolute Gasteiger partial charge is 0.223 e. The first-order chi connectivity index (χ1) is 6.99. The van der Waals surface area contributed by atoms with Gasteiger partial charge in [-0.05, 0) is 24.1 Å². The molecule has 0 spiro atoms. The van der Waals surface area contributed by atoms with E-state index in [2.05, 4.69) is 33.9 Å². The van der Waals surface area contributed by atoms with Crippen molar-refractivity contribution in [3.63, 3.8) is 0 Å². The van der Waals surface area contributed by atoms with Gasteiger partial charge in [-0.2, -0.15) is 0 Å². The van der Waals surface area contributed by atoms with E-state index in [4.69, 9.17) is 10.2 Å². The number of carbonyl (C=O) groups is 1. The van der Waals surface area contributed by atoms with Crippen LogP contribution >= 0.6 is 0 Å². The van der Waals surface area contributed by atoms with E-state index in [1.165, 1.54) is 0 Å². The number of rotatable bonds is 5. The highest BCUT2D eigenvalue weighted by atomic mass is 28.4. The minimum Gasteiger partial charge on any atom is -0.416 e. The van der Waals surface area contributed by atoms with Crippen LogP contribution in [-0.4, -0.2) is 20.8 Å². The molecule has 4 heteroatoms. The van der Waals surface area contributed by atoms with Crippen molar-refractivity contribution in [2.24, 2.45) is 17.6 Å². The Kier molecular flexibility index (Phi) is 5.20. The highest BCUT2D eigenvalue weighted by Crippen LogP contribution is 2.37. The molecule has 3 nitrogen and oxygen atoms in total. The summed E-state index contributed by atoms with van der Waals surface area (Å²) >= 11 is 0. The number of hydrogen-bond donors (Lipinski definition) is 1. The second kappa shape index (κ2) is 5.32. The third kappa shape index (κ3) is 4.26. The molecule has 0 aromatic carbocycles. The van der Waals surface area contributed by atoms with Crippen LogP contribution in [0.2, 0.25) is 18.1 Å². The fourth-order valence-electron chi connectivity index (χ4n) is 1.12. The number of hydrogen-bond acceptors (Lipinski definition) is 2. The molecule has 1 atom stereocenters. The van der Waals surface area contributed by atoms with Crippen molar-refractivity contribution in [1.82, 2.24) is 0 Å². The molecule has 0 bridgehead atoms. The predicted molar refractivity (Wildman–Crippen MR) is 70.7 cm³/mol. The average Bonchev–Trinajstić information content (AvgIpc) is 1.99. The lowest BCUT2D eigenvalue weighted by Gasteiger charge is -2.37. The summed E-state index contributed by atoms with van der Waals surface area (Å²) in [4.78, 5) is 11.3. The van der Waals surface area contributed by atoms with Crippen molar-refractivity contribution in [3.8, 4) is 0 Å². The molecule has 0 aromatic rings. The van der Waals surface area contributed by atoms with Gasteiger partial charge in [-0.1, -0.05) is 34.6 Å². The zero-order chi connectivity index (χ0) is 13.1. The lowest BCUT2D eigenvalue weighted by atomic mass is 9.96. The van der Waals surface area contributed by atoms with Crippen LogP contribution in [0, 0.1) is 11.8 Å². The van der Waals surface area contributed by atoms with E-state index in [0.717, 1.165) is 0 Å². The number of amides is 1. The molecule has 0 rings (SSSR count). The van der Waals surface area contributed by atoms with Gasteiger partial charge in [0.2, 0.25) is 5.91 Å². The summed E-state index contributed by atoms with van der Waals surface area (Å²) in [5, 5.41) is 0.173. The Bertz CT molecular complexity index is 244. The maximum absolute atomic E-state index is 11.3. The van der Waals surface area contributed by atoms with Crippen molar-refractivity contribution in [3.05, 3.63) is 0 Å². The van der Waals surface area contributed by atoms with Crippen LogP contribution in [-0.2, 0) is 9.22 Å². The van der Waals surface area contributed by atoms with E-state index in [-0.39, 0.29) is 22.8 Å². The fraction of sp³-hybridized carbons (Fsp3) is 0.917. The number of carbonyl (C=O) groups excluding carboxylic acids is 1. The first kappa shape index (κ1) is 15.6. The maximum Gasteiger partial charge on any atom is 0.223 e. The van der Waals surface area contributed by atoms with E-state index in [1.54, 1.807) is 0 Å². The Hall–Kier alpha value is -0.353. The molecule has 0 aliphatic heterocycles. The average molecular weight is 245 g/mol. The van der Waals surface area contributed by atoms with Gasteiger partial charge < -0.3 is 10.2 Å². The van der Waals surface area contributed by atoms with Crippen molar-refractivity contribution >= 4 is 14.2 Å². The topological polar surface area (TPSA) is 52.3 Å². The molecular formula is C12H27NO2Si. The van der Waals surface area contributed by atoms with E-state index >= 15 is 0 Å². The van der Waals surface area contributed by atoms with Gasteiger partial charge in [-0.3, -0.25) is 4.79 Å². The molecule has 0 radical (unpaired) electrons. The van der Waals surface area contributed by atoms with Crippen molar-refractivity contribution in [2.75, 3.05) is 6.61 Å². The molecular weight excluding hydrogens is 218 g/mol. The Morgan fingerprint density at radius 1 is 1.31 bits per heavy atom. The van der Waals surface area contributed by atoms with Crippen LogP contribution in [0.25, 0.3) is 0 Å². The van der Waals surface area contributed by atoms with Crippen LogP contribution in [0.4, 0.5) is 0 Å². The van der Waals surface area contributed by atoms with Crippen molar-refractivity contribution in [1.29, 1.82) is 0 Å². The van der Waals surface area contributed by atoms with E-state index in [0.29, 0.717) is 6.61 Å². The fourth-order valence-corrected chi connectivity index (χ4v) is 2.15. The second-order valence-electron chi connectivity index (χ2n) is 6.32. The summed E-state index contributed by atoms with van der Waals surface area (Å²) in [6.07, 6.45) is 0. The normalized spacial score (nSPS) is 15.2. The van der Waals surface area contributed by atoms with Gasteiger partial charge in [0, 0.05) is 6.61 Å².